The highest BCUT2D eigenvalue weighted by Crippen LogP contribution is 2.39. The Kier molecular flexibility index (Phi) is 3.90. The summed E-state index contributed by atoms with van der Waals surface area (Å²) in [7, 11) is 3.51. The monoisotopic (exact) mass is 315 g/mol. The van der Waals surface area contributed by atoms with Crippen molar-refractivity contribution < 1.29 is 4.79 Å². The molecule has 1 aromatic carbocycles. The van der Waals surface area contributed by atoms with Crippen LogP contribution in [0.4, 0.5) is 4.79 Å². The minimum Gasteiger partial charge on any atom is -0.339 e. The van der Waals surface area contributed by atoms with Crippen LogP contribution in [0.5, 0.6) is 0 Å². The molecule has 0 aliphatic carbocycles. The fourth-order valence-corrected chi connectivity index (χ4v) is 3.69. The second-order valence-electron chi connectivity index (χ2n) is 4.68. The van der Waals surface area contributed by atoms with Crippen molar-refractivity contribution in [3.05, 3.63) is 42.9 Å². The van der Waals surface area contributed by atoms with Gasteiger partial charge in [-0.3, -0.25) is 9.78 Å². The van der Waals surface area contributed by atoms with Crippen molar-refractivity contribution in [2.24, 2.45) is 0 Å². The lowest BCUT2D eigenvalue weighted by molar-refractivity contribution is 0.241. The maximum absolute atomic E-state index is 12.0. The highest BCUT2D eigenvalue weighted by Gasteiger charge is 2.16. The van der Waals surface area contributed by atoms with Gasteiger partial charge in [0.15, 0.2) is 0 Å². The second kappa shape index (κ2) is 5.83. The van der Waals surface area contributed by atoms with Crippen LogP contribution in [0, 0.1) is 0 Å². The van der Waals surface area contributed by atoms with Crippen LogP contribution in [-0.4, -0.2) is 33.6 Å². The Hall–Kier alpha value is -1.92. The summed E-state index contributed by atoms with van der Waals surface area (Å²) in [5.41, 5.74) is 2.10. The number of amides is 1. The van der Waals surface area contributed by atoms with E-state index in [1.807, 2.05) is 30.5 Å². The van der Waals surface area contributed by atoms with Gasteiger partial charge in [-0.05, 0) is 47.1 Å². The molecule has 0 spiro atoms. The number of benzene rings is 1. The van der Waals surface area contributed by atoms with Crippen molar-refractivity contribution in [2.75, 3.05) is 14.1 Å². The van der Waals surface area contributed by atoms with Gasteiger partial charge in [0.05, 0.1) is 4.70 Å². The van der Waals surface area contributed by atoms with Gasteiger partial charge in [-0.15, -0.1) is 0 Å². The van der Waals surface area contributed by atoms with Gasteiger partial charge in [0.2, 0.25) is 0 Å². The normalized spacial score (nSPS) is 10.8. The van der Waals surface area contributed by atoms with Crippen LogP contribution in [0.2, 0.25) is 0 Å². The molecular formula is C15H13N3OS2. The van der Waals surface area contributed by atoms with Crippen molar-refractivity contribution >= 4 is 38.6 Å². The van der Waals surface area contributed by atoms with Crippen molar-refractivity contribution in [3.8, 4) is 11.1 Å². The Bertz CT molecular complexity index is 784. The zero-order chi connectivity index (χ0) is 14.8. The SMILES string of the molecule is CN(C)C(=O)Sc1ccc2cnsc2c1-c1ccncc1. The Labute approximate surface area is 131 Å². The second-order valence-corrected chi connectivity index (χ2v) is 6.48. The van der Waals surface area contributed by atoms with Crippen LogP contribution in [-0.2, 0) is 0 Å². The molecule has 2 heterocycles. The molecule has 0 saturated heterocycles. The number of carbonyl (C=O) groups excluding carboxylic acids is 1. The van der Waals surface area contributed by atoms with E-state index in [-0.39, 0.29) is 5.24 Å². The molecule has 0 N–H and O–H groups in total. The van der Waals surface area contributed by atoms with E-state index in [0.717, 1.165) is 26.1 Å². The third-order valence-electron chi connectivity index (χ3n) is 3.02. The zero-order valence-corrected chi connectivity index (χ0v) is 13.2. The average Bonchev–Trinajstić information content (AvgIpc) is 2.96. The molecule has 0 fully saturated rings. The Morgan fingerprint density at radius 1 is 1.19 bits per heavy atom. The van der Waals surface area contributed by atoms with E-state index in [1.165, 1.54) is 23.3 Å². The highest BCUT2D eigenvalue weighted by molar-refractivity contribution is 8.13. The van der Waals surface area contributed by atoms with Gasteiger partial charge >= 0.3 is 0 Å². The number of pyridine rings is 1. The molecule has 3 rings (SSSR count). The van der Waals surface area contributed by atoms with E-state index >= 15 is 0 Å². The van der Waals surface area contributed by atoms with Crippen LogP contribution >= 0.6 is 23.3 Å². The molecule has 4 nitrogen and oxygen atoms in total. The average molecular weight is 315 g/mol. The summed E-state index contributed by atoms with van der Waals surface area (Å²) in [6.45, 7) is 0. The van der Waals surface area contributed by atoms with Gasteiger partial charge < -0.3 is 4.90 Å². The van der Waals surface area contributed by atoms with Crippen molar-refractivity contribution in [3.63, 3.8) is 0 Å². The molecule has 106 valence electrons. The molecule has 0 saturated carbocycles. The first kappa shape index (κ1) is 14.0. The van der Waals surface area contributed by atoms with Crippen LogP contribution in [0.25, 0.3) is 21.2 Å². The third-order valence-corrected chi connectivity index (χ3v) is 4.95. The lowest BCUT2D eigenvalue weighted by Crippen LogP contribution is -2.16. The number of fused-ring (bicyclic) bond motifs is 1. The van der Waals surface area contributed by atoms with E-state index in [1.54, 1.807) is 31.4 Å². The molecule has 1 amide bonds. The van der Waals surface area contributed by atoms with E-state index in [4.69, 9.17) is 0 Å². The third kappa shape index (κ3) is 2.77. The Morgan fingerprint density at radius 2 is 1.95 bits per heavy atom. The van der Waals surface area contributed by atoms with E-state index in [0.29, 0.717) is 0 Å². The van der Waals surface area contributed by atoms with Crippen LogP contribution in [0.3, 0.4) is 0 Å². The first-order valence-corrected chi connectivity index (χ1v) is 7.92. The number of rotatable bonds is 2. The molecular weight excluding hydrogens is 302 g/mol. The highest BCUT2D eigenvalue weighted by atomic mass is 32.2. The largest absolute Gasteiger partial charge is 0.339 e. The summed E-state index contributed by atoms with van der Waals surface area (Å²) in [4.78, 5) is 18.6. The van der Waals surface area contributed by atoms with E-state index in [2.05, 4.69) is 9.36 Å². The van der Waals surface area contributed by atoms with Gasteiger partial charge in [-0.25, -0.2) is 0 Å². The molecule has 0 bridgehead atoms. The van der Waals surface area contributed by atoms with E-state index < -0.39 is 0 Å². The molecule has 3 aromatic rings. The lowest BCUT2D eigenvalue weighted by Gasteiger charge is -2.13. The zero-order valence-electron chi connectivity index (χ0n) is 11.6. The van der Waals surface area contributed by atoms with Gasteiger partial charge in [0.25, 0.3) is 5.24 Å². The van der Waals surface area contributed by atoms with Crippen LogP contribution < -0.4 is 0 Å². The van der Waals surface area contributed by atoms with Crippen molar-refractivity contribution in [1.29, 1.82) is 0 Å². The number of hydrogen-bond donors (Lipinski definition) is 0. The predicted octanol–water partition coefficient (Wildman–Crippen LogP) is 4.13. The molecule has 0 aliphatic rings. The molecule has 6 heteroatoms. The summed E-state index contributed by atoms with van der Waals surface area (Å²) in [5, 5.41) is 1.10. The fourth-order valence-electron chi connectivity index (χ4n) is 1.98. The standard InChI is InChI=1S/C15H13N3OS2/c1-18(2)15(19)20-12-4-3-11-9-17-21-14(11)13(12)10-5-7-16-8-6-10/h3-9H,1-2H3. The molecule has 0 aliphatic heterocycles. The molecule has 0 radical (unpaired) electrons. The first-order valence-electron chi connectivity index (χ1n) is 6.34. The topological polar surface area (TPSA) is 46.1 Å². The summed E-state index contributed by atoms with van der Waals surface area (Å²) >= 11 is 2.69. The number of thioether (sulfide) groups is 1. The van der Waals surface area contributed by atoms with Crippen molar-refractivity contribution in [2.45, 2.75) is 4.90 Å². The quantitative estimate of drug-likeness (QED) is 0.667. The van der Waals surface area contributed by atoms with Gasteiger partial charge in [0.1, 0.15) is 0 Å². The lowest BCUT2D eigenvalue weighted by atomic mass is 10.1. The maximum Gasteiger partial charge on any atom is 0.285 e. The smallest absolute Gasteiger partial charge is 0.285 e. The number of hydrogen-bond acceptors (Lipinski definition) is 5. The number of aromatic nitrogens is 2. The predicted molar refractivity (Wildman–Crippen MR) is 87.8 cm³/mol. The molecule has 0 atom stereocenters. The number of nitrogens with zero attached hydrogens (tertiary/aromatic N) is 3. The van der Waals surface area contributed by atoms with Crippen LogP contribution in [0.15, 0.2) is 47.8 Å². The van der Waals surface area contributed by atoms with E-state index in [9.17, 15) is 4.79 Å². The summed E-state index contributed by atoms with van der Waals surface area (Å²) < 4.78 is 5.36. The first-order chi connectivity index (χ1) is 10.2. The minimum absolute atomic E-state index is 0.00849. The molecule has 2 aromatic heterocycles. The van der Waals surface area contributed by atoms with Gasteiger partial charge in [0, 0.05) is 48.5 Å². The summed E-state index contributed by atoms with van der Waals surface area (Å²) in [6, 6.07) is 7.91. The summed E-state index contributed by atoms with van der Waals surface area (Å²) in [6.07, 6.45) is 5.38. The van der Waals surface area contributed by atoms with Crippen molar-refractivity contribution in [1.82, 2.24) is 14.3 Å². The summed E-state index contributed by atoms with van der Waals surface area (Å²) in [5.74, 6) is 0. The molecule has 21 heavy (non-hydrogen) atoms. The molecule has 0 unspecified atom stereocenters. The van der Waals surface area contributed by atoms with Gasteiger partial charge in [-0.1, -0.05) is 6.07 Å². The number of carbonyl (C=O) groups is 1. The van der Waals surface area contributed by atoms with Gasteiger partial charge in [-0.2, -0.15) is 4.37 Å². The maximum atomic E-state index is 12.0. The minimum atomic E-state index is 0.00849. The fraction of sp³-hybridized carbons (Fsp3) is 0.133. The van der Waals surface area contributed by atoms with Crippen LogP contribution in [0.1, 0.15) is 0 Å². The Morgan fingerprint density at radius 3 is 2.67 bits per heavy atom. The Balaban J connectivity index is 2.18.